The van der Waals surface area contributed by atoms with Crippen LogP contribution >= 0.6 is 11.3 Å². The summed E-state index contributed by atoms with van der Waals surface area (Å²) >= 11 is 1.73. The fraction of sp³-hybridized carbons (Fsp3) is 0.524. The maximum Gasteiger partial charge on any atom is 0.254 e. The predicted octanol–water partition coefficient (Wildman–Crippen LogP) is 3.32. The average Bonchev–Trinajstić information content (AvgIpc) is 3.34. The molecule has 3 heterocycles. The smallest absolute Gasteiger partial charge is 0.254 e. The quantitative estimate of drug-likeness (QED) is 0.811. The molecule has 2 saturated heterocycles. The van der Waals surface area contributed by atoms with Crippen LogP contribution in [0, 0.1) is 13.8 Å². The number of aryl methyl sites for hydroxylation is 2. The van der Waals surface area contributed by atoms with Crippen molar-refractivity contribution in [2.45, 2.75) is 33.2 Å². The summed E-state index contributed by atoms with van der Waals surface area (Å²) < 4.78 is 0. The number of anilines is 1. The lowest BCUT2D eigenvalue weighted by Gasteiger charge is -2.34. The number of hydrogen-bond acceptors (Lipinski definition) is 5. The molecule has 27 heavy (non-hydrogen) atoms. The second kappa shape index (κ2) is 7.98. The number of hydrogen-bond donors (Lipinski definition) is 0. The lowest BCUT2D eigenvalue weighted by atomic mass is 10.0. The van der Waals surface area contributed by atoms with Gasteiger partial charge < -0.3 is 9.80 Å². The Morgan fingerprint density at radius 3 is 2.52 bits per heavy atom. The third-order valence-electron chi connectivity index (χ3n) is 5.57. The van der Waals surface area contributed by atoms with Crippen LogP contribution < -0.4 is 4.90 Å². The highest BCUT2D eigenvalue weighted by atomic mass is 32.1. The van der Waals surface area contributed by atoms with Gasteiger partial charge in [0.05, 0.1) is 5.69 Å². The van der Waals surface area contributed by atoms with Crippen molar-refractivity contribution in [1.82, 2.24) is 14.8 Å². The van der Waals surface area contributed by atoms with E-state index in [1.165, 1.54) is 37.2 Å². The highest BCUT2D eigenvalue weighted by Gasteiger charge is 2.25. The Balaban J connectivity index is 1.34. The van der Waals surface area contributed by atoms with E-state index in [2.05, 4.69) is 28.2 Å². The Morgan fingerprint density at radius 2 is 1.81 bits per heavy atom. The zero-order chi connectivity index (χ0) is 18.8. The minimum Gasteiger partial charge on any atom is -0.345 e. The third-order valence-corrected chi connectivity index (χ3v) is 6.52. The normalized spacial score (nSPS) is 18.3. The van der Waals surface area contributed by atoms with E-state index in [1.54, 1.807) is 11.3 Å². The molecule has 0 spiro atoms. The van der Waals surface area contributed by atoms with Gasteiger partial charge in [0.2, 0.25) is 0 Å². The maximum absolute atomic E-state index is 12.9. The van der Waals surface area contributed by atoms with Crippen molar-refractivity contribution in [3.63, 3.8) is 0 Å². The standard InChI is InChI=1S/C21H28N4OS/c1-16-5-6-19(17(2)13-16)20(26)24-9-11-25(12-10-24)21-22-18(15-27-21)14-23-7-3-4-8-23/h5-6,13,15H,3-4,7-12,14H2,1-2H3. The number of benzene rings is 1. The lowest BCUT2D eigenvalue weighted by molar-refractivity contribution is 0.0746. The van der Waals surface area contributed by atoms with Gasteiger partial charge in [-0.25, -0.2) is 4.98 Å². The van der Waals surface area contributed by atoms with Crippen molar-refractivity contribution in [3.8, 4) is 0 Å². The van der Waals surface area contributed by atoms with Crippen LogP contribution in [0.2, 0.25) is 0 Å². The molecule has 2 aliphatic rings. The SMILES string of the molecule is Cc1ccc(C(=O)N2CCN(c3nc(CN4CCCC4)cs3)CC2)c(C)c1. The van der Waals surface area contributed by atoms with Crippen LogP contribution in [0.3, 0.4) is 0 Å². The van der Waals surface area contributed by atoms with Crippen molar-refractivity contribution < 1.29 is 4.79 Å². The van der Waals surface area contributed by atoms with E-state index in [1.807, 2.05) is 24.0 Å². The molecule has 0 N–H and O–H groups in total. The van der Waals surface area contributed by atoms with E-state index in [4.69, 9.17) is 4.98 Å². The molecule has 2 fully saturated rings. The second-order valence-corrected chi connectivity index (χ2v) is 8.54. The number of piperazine rings is 1. The molecular weight excluding hydrogens is 356 g/mol. The van der Waals surface area contributed by atoms with Gasteiger partial charge in [0, 0.05) is 43.7 Å². The summed E-state index contributed by atoms with van der Waals surface area (Å²) in [4.78, 5) is 24.5. The Bertz CT molecular complexity index is 804. The summed E-state index contributed by atoms with van der Waals surface area (Å²) in [5.74, 6) is 0.154. The Labute approximate surface area is 165 Å². The van der Waals surface area contributed by atoms with Crippen molar-refractivity contribution in [2.24, 2.45) is 0 Å². The third kappa shape index (κ3) is 4.17. The largest absolute Gasteiger partial charge is 0.345 e. The molecule has 144 valence electrons. The molecule has 1 aromatic heterocycles. The van der Waals surface area contributed by atoms with Gasteiger partial charge in [0.1, 0.15) is 0 Å². The number of likely N-dealkylation sites (tertiary alicyclic amines) is 1. The van der Waals surface area contributed by atoms with Crippen LogP contribution in [0.4, 0.5) is 5.13 Å². The summed E-state index contributed by atoms with van der Waals surface area (Å²) in [6.45, 7) is 10.7. The first kappa shape index (κ1) is 18.4. The lowest BCUT2D eigenvalue weighted by Crippen LogP contribution is -2.49. The second-order valence-electron chi connectivity index (χ2n) is 7.70. The molecule has 1 amide bonds. The molecule has 6 heteroatoms. The van der Waals surface area contributed by atoms with Crippen molar-refractivity contribution in [1.29, 1.82) is 0 Å². The first-order valence-electron chi connectivity index (χ1n) is 9.88. The molecule has 0 atom stereocenters. The molecule has 0 radical (unpaired) electrons. The molecule has 0 aliphatic carbocycles. The van der Waals surface area contributed by atoms with E-state index in [0.717, 1.165) is 49.0 Å². The highest BCUT2D eigenvalue weighted by molar-refractivity contribution is 7.13. The number of carbonyl (C=O) groups is 1. The number of carbonyl (C=O) groups excluding carboxylic acids is 1. The van der Waals surface area contributed by atoms with Crippen molar-refractivity contribution in [2.75, 3.05) is 44.2 Å². The molecular formula is C21H28N4OS. The fourth-order valence-electron chi connectivity index (χ4n) is 4.01. The first-order chi connectivity index (χ1) is 13.1. The van der Waals surface area contributed by atoms with Crippen LogP contribution in [-0.2, 0) is 6.54 Å². The molecule has 0 unspecified atom stereocenters. The summed E-state index contributed by atoms with van der Waals surface area (Å²) in [7, 11) is 0. The Hall–Kier alpha value is -1.92. The minimum absolute atomic E-state index is 0.154. The molecule has 0 bridgehead atoms. The average molecular weight is 385 g/mol. The van der Waals surface area contributed by atoms with E-state index in [9.17, 15) is 4.79 Å². The van der Waals surface area contributed by atoms with Crippen LogP contribution in [0.15, 0.2) is 23.6 Å². The number of nitrogens with zero attached hydrogens (tertiary/aromatic N) is 4. The van der Waals surface area contributed by atoms with Gasteiger partial charge in [-0.3, -0.25) is 9.69 Å². The molecule has 0 saturated carbocycles. The Morgan fingerprint density at radius 1 is 1.07 bits per heavy atom. The van der Waals surface area contributed by atoms with E-state index >= 15 is 0 Å². The number of amides is 1. The number of rotatable bonds is 4. The number of aromatic nitrogens is 1. The van der Waals surface area contributed by atoms with Crippen molar-refractivity contribution >= 4 is 22.4 Å². The maximum atomic E-state index is 12.9. The summed E-state index contributed by atoms with van der Waals surface area (Å²) in [6.07, 6.45) is 2.63. The molecule has 1 aromatic carbocycles. The Kier molecular flexibility index (Phi) is 5.45. The zero-order valence-electron chi connectivity index (χ0n) is 16.3. The zero-order valence-corrected chi connectivity index (χ0v) is 17.1. The van der Waals surface area contributed by atoms with Gasteiger partial charge in [-0.05, 0) is 51.4 Å². The molecule has 5 nitrogen and oxygen atoms in total. The van der Waals surface area contributed by atoms with Gasteiger partial charge in [-0.15, -0.1) is 11.3 Å². The van der Waals surface area contributed by atoms with Crippen LogP contribution in [0.1, 0.15) is 40.0 Å². The molecule has 4 rings (SSSR count). The van der Waals surface area contributed by atoms with E-state index in [-0.39, 0.29) is 5.91 Å². The van der Waals surface area contributed by atoms with Crippen LogP contribution in [0.5, 0.6) is 0 Å². The minimum atomic E-state index is 0.154. The highest BCUT2D eigenvalue weighted by Crippen LogP contribution is 2.24. The van der Waals surface area contributed by atoms with Gasteiger partial charge in [-0.2, -0.15) is 0 Å². The first-order valence-corrected chi connectivity index (χ1v) is 10.8. The summed E-state index contributed by atoms with van der Waals surface area (Å²) in [5, 5.41) is 3.30. The van der Waals surface area contributed by atoms with E-state index < -0.39 is 0 Å². The number of thiazole rings is 1. The van der Waals surface area contributed by atoms with Crippen molar-refractivity contribution in [3.05, 3.63) is 46.0 Å². The summed E-state index contributed by atoms with van der Waals surface area (Å²) in [5.41, 5.74) is 4.28. The van der Waals surface area contributed by atoms with Gasteiger partial charge in [0.15, 0.2) is 5.13 Å². The van der Waals surface area contributed by atoms with E-state index in [0.29, 0.717) is 0 Å². The summed E-state index contributed by atoms with van der Waals surface area (Å²) in [6, 6.07) is 6.07. The predicted molar refractivity (Wildman–Crippen MR) is 111 cm³/mol. The van der Waals surface area contributed by atoms with Crippen LogP contribution in [0.25, 0.3) is 0 Å². The fourth-order valence-corrected chi connectivity index (χ4v) is 4.88. The molecule has 2 aromatic rings. The van der Waals surface area contributed by atoms with Gasteiger partial charge >= 0.3 is 0 Å². The molecule has 2 aliphatic heterocycles. The van der Waals surface area contributed by atoms with Crippen LogP contribution in [-0.4, -0.2) is 60.0 Å². The van der Waals surface area contributed by atoms with Gasteiger partial charge in [0.25, 0.3) is 5.91 Å². The van der Waals surface area contributed by atoms with Gasteiger partial charge in [-0.1, -0.05) is 17.7 Å². The topological polar surface area (TPSA) is 39.7 Å². The monoisotopic (exact) mass is 384 g/mol.